The van der Waals surface area contributed by atoms with E-state index in [0.717, 1.165) is 47.6 Å². The zero-order valence-electron chi connectivity index (χ0n) is 25.5. The number of hydrogen-bond donors (Lipinski definition) is 0. The van der Waals surface area contributed by atoms with E-state index in [-0.39, 0.29) is 5.60 Å². The highest BCUT2D eigenvalue weighted by molar-refractivity contribution is 6.33. The van der Waals surface area contributed by atoms with Crippen LogP contribution in [0.4, 0.5) is 0 Å². The fraction of sp³-hybridized carbons (Fsp3) is 0.500. The molecule has 1 aliphatic carbocycles. The molecule has 41 heavy (non-hydrogen) atoms. The highest BCUT2D eigenvalue weighted by Gasteiger charge is 2.41. The smallest absolute Gasteiger partial charge is 0.245 e. The summed E-state index contributed by atoms with van der Waals surface area (Å²) in [6.07, 6.45) is 8.33. The molecule has 0 aliphatic heterocycles. The van der Waals surface area contributed by atoms with Gasteiger partial charge >= 0.3 is 0 Å². The van der Waals surface area contributed by atoms with Crippen LogP contribution in [0.25, 0.3) is 22.6 Å². The molecule has 6 nitrogen and oxygen atoms in total. The second-order valence-corrected chi connectivity index (χ2v) is 11.9. The maximum absolute atomic E-state index is 6.90. The van der Waals surface area contributed by atoms with Crippen LogP contribution in [0.2, 0.25) is 5.02 Å². The summed E-state index contributed by atoms with van der Waals surface area (Å²) in [5.74, 6) is 3.29. The maximum Gasteiger partial charge on any atom is 0.245 e. The number of imidazole rings is 1. The van der Waals surface area contributed by atoms with Gasteiger partial charge in [0.2, 0.25) is 5.88 Å². The summed E-state index contributed by atoms with van der Waals surface area (Å²) in [7, 11) is 0. The van der Waals surface area contributed by atoms with Crippen molar-refractivity contribution in [2.45, 2.75) is 92.2 Å². The number of fused-ring (bicyclic) bond motifs is 1. The molecule has 0 bridgehead atoms. The van der Waals surface area contributed by atoms with Crippen molar-refractivity contribution >= 4 is 22.8 Å². The molecule has 2 heterocycles. The minimum atomic E-state index is -0.175. The first-order valence-electron chi connectivity index (χ1n) is 15.2. The average molecular weight is 577 g/mol. The average Bonchev–Trinajstić information content (AvgIpc) is 3.59. The molecule has 0 spiro atoms. The lowest BCUT2D eigenvalue weighted by atomic mass is 9.95. The van der Waals surface area contributed by atoms with E-state index in [1.54, 1.807) is 6.33 Å². The van der Waals surface area contributed by atoms with Gasteiger partial charge in [-0.2, -0.15) is 4.98 Å². The topological polar surface area (TPSA) is 62.1 Å². The third kappa shape index (κ3) is 8.00. The lowest BCUT2D eigenvalue weighted by Crippen LogP contribution is -2.13. The summed E-state index contributed by atoms with van der Waals surface area (Å²) in [6, 6.07) is 16.2. The molecular weight excluding hydrogens is 532 g/mol. The van der Waals surface area contributed by atoms with Crippen molar-refractivity contribution in [1.29, 1.82) is 0 Å². The molecule has 0 N–H and O–H groups in total. The fourth-order valence-corrected chi connectivity index (χ4v) is 5.15. The first-order chi connectivity index (χ1) is 19.8. The minimum Gasteiger partial charge on any atom is -0.493 e. The van der Waals surface area contributed by atoms with Crippen LogP contribution in [-0.2, 0) is 6.54 Å². The normalized spacial score (nSPS) is 14.4. The van der Waals surface area contributed by atoms with Gasteiger partial charge in [-0.1, -0.05) is 89.4 Å². The van der Waals surface area contributed by atoms with E-state index in [2.05, 4.69) is 54.4 Å². The molecular formula is C34H45ClN4O2. The largest absolute Gasteiger partial charge is 0.493 e. The molecule has 1 saturated carbocycles. The summed E-state index contributed by atoms with van der Waals surface area (Å²) in [5.41, 5.74) is 3.18. The maximum atomic E-state index is 6.90. The van der Waals surface area contributed by atoms with Gasteiger partial charge in [-0.3, -0.25) is 0 Å². The minimum absolute atomic E-state index is 0.175. The molecule has 0 amide bonds. The molecule has 5 rings (SSSR count). The number of rotatable bonds is 13. The van der Waals surface area contributed by atoms with Crippen LogP contribution in [0.3, 0.4) is 0 Å². The summed E-state index contributed by atoms with van der Waals surface area (Å²) < 4.78 is 14.6. The van der Waals surface area contributed by atoms with Crippen LogP contribution in [-0.4, -0.2) is 31.7 Å². The Morgan fingerprint density at radius 1 is 1.00 bits per heavy atom. The van der Waals surface area contributed by atoms with E-state index in [4.69, 9.17) is 26.1 Å². The van der Waals surface area contributed by atoms with Gasteiger partial charge in [-0.05, 0) is 68.2 Å². The van der Waals surface area contributed by atoms with Gasteiger partial charge < -0.3 is 14.0 Å². The van der Waals surface area contributed by atoms with E-state index in [9.17, 15) is 0 Å². The SMILES string of the molecule is CC.CCCC(CCC(C)C)COc1ccc(-c2nc3c(OC4(C)CC4)ncnc3n2Cc2ccccc2)c(Cl)c1. The quantitative estimate of drug-likeness (QED) is 0.159. The second-order valence-electron chi connectivity index (χ2n) is 11.5. The van der Waals surface area contributed by atoms with Crippen LogP contribution >= 0.6 is 11.6 Å². The molecule has 2 aromatic carbocycles. The van der Waals surface area contributed by atoms with Crippen molar-refractivity contribution in [2.75, 3.05) is 6.61 Å². The van der Waals surface area contributed by atoms with Gasteiger partial charge in [0, 0.05) is 5.56 Å². The fourth-order valence-electron chi connectivity index (χ4n) is 4.89. The van der Waals surface area contributed by atoms with Gasteiger partial charge in [0.05, 0.1) is 18.2 Å². The Morgan fingerprint density at radius 2 is 1.76 bits per heavy atom. The number of benzene rings is 2. The molecule has 1 unspecified atom stereocenters. The first kappa shape index (κ1) is 30.8. The van der Waals surface area contributed by atoms with E-state index in [1.165, 1.54) is 19.3 Å². The predicted molar refractivity (Wildman–Crippen MR) is 169 cm³/mol. The number of halogens is 1. The first-order valence-corrected chi connectivity index (χ1v) is 15.6. The summed E-state index contributed by atoms with van der Waals surface area (Å²) in [4.78, 5) is 14.1. The van der Waals surface area contributed by atoms with Gasteiger partial charge in [0.15, 0.2) is 11.2 Å². The van der Waals surface area contributed by atoms with Crippen LogP contribution in [0.1, 0.15) is 85.6 Å². The number of ether oxygens (including phenoxy) is 2. The second kappa shape index (κ2) is 14.2. The third-order valence-corrected chi connectivity index (χ3v) is 7.81. The Labute approximate surface area is 250 Å². The lowest BCUT2D eigenvalue weighted by molar-refractivity contribution is 0.194. The van der Waals surface area contributed by atoms with Crippen molar-refractivity contribution in [3.05, 3.63) is 65.4 Å². The highest BCUT2D eigenvalue weighted by Crippen LogP contribution is 2.41. The lowest BCUT2D eigenvalue weighted by Gasteiger charge is -2.18. The molecule has 1 atom stereocenters. The van der Waals surface area contributed by atoms with Crippen LogP contribution < -0.4 is 9.47 Å². The van der Waals surface area contributed by atoms with Crippen molar-refractivity contribution < 1.29 is 9.47 Å². The Hall–Kier alpha value is -3.12. The zero-order chi connectivity index (χ0) is 29.4. The molecule has 0 saturated heterocycles. The van der Waals surface area contributed by atoms with Crippen LogP contribution in [0, 0.1) is 11.8 Å². The van der Waals surface area contributed by atoms with Gasteiger partial charge in [-0.15, -0.1) is 0 Å². The zero-order valence-corrected chi connectivity index (χ0v) is 26.2. The van der Waals surface area contributed by atoms with Crippen molar-refractivity contribution in [3.8, 4) is 23.0 Å². The Balaban J connectivity index is 0.00000189. The van der Waals surface area contributed by atoms with Crippen LogP contribution in [0.5, 0.6) is 11.6 Å². The molecule has 7 heteroatoms. The molecule has 220 valence electrons. The summed E-state index contributed by atoms with van der Waals surface area (Å²) in [5, 5.41) is 0.593. The summed E-state index contributed by atoms with van der Waals surface area (Å²) in [6.45, 7) is 14.2. The van der Waals surface area contributed by atoms with Crippen LogP contribution in [0.15, 0.2) is 54.9 Å². The van der Waals surface area contributed by atoms with E-state index >= 15 is 0 Å². The van der Waals surface area contributed by atoms with Crippen molar-refractivity contribution in [2.24, 2.45) is 11.8 Å². The van der Waals surface area contributed by atoms with E-state index in [0.29, 0.717) is 41.4 Å². The van der Waals surface area contributed by atoms with E-state index in [1.807, 2.05) is 50.2 Å². The number of hydrogen-bond acceptors (Lipinski definition) is 5. The number of aromatic nitrogens is 4. The Morgan fingerprint density at radius 3 is 2.41 bits per heavy atom. The summed E-state index contributed by atoms with van der Waals surface area (Å²) >= 11 is 6.90. The van der Waals surface area contributed by atoms with Gasteiger partial charge in [-0.25, -0.2) is 9.97 Å². The Bertz CT molecular complexity index is 1400. The van der Waals surface area contributed by atoms with E-state index < -0.39 is 0 Å². The molecule has 4 aromatic rings. The van der Waals surface area contributed by atoms with Crippen molar-refractivity contribution in [1.82, 2.24) is 19.5 Å². The third-order valence-electron chi connectivity index (χ3n) is 7.50. The van der Waals surface area contributed by atoms with Gasteiger partial charge in [0.25, 0.3) is 0 Å². The molecule has 1 aliphatic rings. The van der Waals surface area contributed by atoms with Gasteiger partial charge in [0.1, 0.15) is 23.5 Å². The number of nitrogens with zero attached hydrogens (tertiary/aromatic N) is 4. The molecule has 1 fully saturated rings. The highest BCUT2D eigenvalue weighted by atomic mass is 35.5. The predicted octanol–water partition coefficient (Wildman–Crippen LogP) is 9.38. The molecule has 2 aromatic heterocycles. The monoisotopic (exact) mass is 576 g/mol. The van der Waals surface area contributed by atoms with Crippen molar-refractivity contribution in [3.63, 3.8) is 0 Å². The standard InChI is InChI=1S/C32H39ClN4O2.C2H6/c1-5-9-24(13-12-22(2)3)20-38-25-14-15-26(27(33)18-25)29-36-28-30(37(29)19-23-10-7-6-8-11-23)34-21-35-31(28)39-32(4)16-17-32;1-2/h6-8,10-11,14-15,18,21-22,24H,5,9,12-13,16-17,19-20H2,1-4H3;1-2H3. The Kier molecular flexibility index (Phi) is 10.7. The molecule has 0 radical (unpaired) electrons.